The molecule has 0 aliphatic heterocycles. The van der Waals surface area contributed by atoms with Gasteiger partial charge in [0.2, 0.25) is 0 Å². The Labute approximate surface area is 107 Å². The third-order valence-electron chi connectivity index (χ3n) is 3.50. The van der Waals surface area contributed by atoms with Crippen molar-refractivity contribution in [2.75, 3.05) is 0 Å². The van der Waals surface area contributed by atoms with Crippen LogP contribution < -0.4 is 0 Å². The minimum Gasteiger partial charge on any atom is -0.481 e. The van der Waals surface area contributed by atoms with Crippen molar-refractivity contribution >= 4 is 16.9 Å². The van der Waals surface area contributed by atoms with E-state index in [1.807, 2.05) is 6.92 Å². The molecule has 3 nitrogen and oxygen atoms in total. The molecule has 18 heavy (non-hydrogen) atoms. The maximum atomic E-state index is 10.9. The monoisotopic (exact) mass is 245 g/mol. The first kappa shape index (κ1) is 12.7. The van der Waals surface area contributed by atoms with Gasteiger partial charge in [-0.3, -0.25) is 4.79 Å². The number of carboxylic acid groups (broad SMARTS) is 1. The lowest BCUT2D eigenvalue weighted by Gasteiger charge is -2.08. The molecule has 1 unspecified atom stereocenters. The summed E-state index contributed by atoms with van der Waals surface area (Å²) in [7, 11) is 0. The maximum Gasteiger partial charge on any atom is 0.303 e. The van der Waals surface area contributed by atoms with E-state index >= 15 is 0 Å². The smallest absolute Gasteiger partial charge is 0.303 e. The number of carbonyl (C=O) groups is 1. The molecule has 1 aromatic carbocycles. The molecule has 3 heteroatoms. The Hall–Kier alpha value is -1.77. The molecule has 0 aliphatic carbocycles. The van der Waals surface area contributed by atoms with Crippen LogP contribution in [0.4, 0.5) is 0 Å². The summed E-state index contributed by atoms with van der Waals surface area (Å²) in [6.07, 6.45) is 2.28. The molecule has 2 rings (SSSR count). The molecule has 0 saturated carbocycles. The van der Waals surface area contributed by atoms with Crippen molar-refractivity contribution in [2.24, 2.45) is 0 Å². The molecule has 0 saturated heterocycles. The fourth-order valence-corrected chi connectivity index (χ4v) is 2.58. The Morgan fingerprint density at radius 1 is 1.44 bits per heavy atom. The number of fused-ring (bicyclic) bond motifs is 1. The van der Waals surface area contributed by atoms with Crippen LogP contribution in [0, 0.1) is 6.92 Å². The zero-order chi connectivity index (χ0) is 13.3. The van der Waals surface area contributed by atoms with Crippen molar-refractivity contribution < 1.29 is 9.90 Å². The van der Waals surface area contributed by atoms with Gasteiger partial charge in [0, 0.05) is 23.6 Å². The van der Waals surface area contributed by atoms with Gasteiger partial charge in [0.15, 0.2) is 0 Å². The zero-order valence-electron chi connectivity index (χ0n) is 11.1. The first-order valence-corrected chi connectivity index (χ1v) is 6.34. The van der Waals surface area contributed by atoms with Crippen molar-refractivity contribution in [3.8, 4) is 0 Å². The molecule has 96 valence electrons. The molecular weight excluding hydrogens is 226 g/mol. The van der Waals surface area contributed by atoms with Crippen LogP contribution in [0.3, 0.4) is 0 Å². The SMILES string of the molecule is CCn1cc(C(C)CC(=O)O)c2c(C)cccc21. The van der Waals surface area contributed by atoms with Crippen molar-refractivity contribution in [1.82, 2.24) is 4.57 Å². The number of rotatable bonds is 4. The number of nitrogens with zero attached hydrogens (tertiary/aromatic N) is 1. The van der Waals surface area contributed by atoms with Gasteiger partial charge in [-0.25, -0.2) is 0 Å². The molecular formula is C15H19NO2. The van der Waals surface area contributed by atoms with Gasteiger partial charge in [-0.1, -0.05) is 19.1 Å². The van der Waals surface area contributed by atoms with Gasteiger partial charge in [0.1, 0.15) is 0 Å². The summed E-state index contributed by atoms with van der Waals surface area (Å²) < 4.78 is 2.19. The topological polar surface area (TPSA) is 42.2 Å². The van der Waals surface area contributed by atoms with Gasteiger partial charge in [-0.2, -0.15) is 0 Å². The van der Waals surface area contributed by atoms with E-state index in [1.165, 1.54) is 16.5 Å². The Bertz CT molecular complexity index is 583. The molecule has 0 fully saturated rings. The number of aliphatic carboxylic acids is 1. The first-order valence-electron chi connectivity index (χ1n) is 6.34. The third-order valence-corrected chi connectivity index (χ3v) is 3.50. The van der Waals surface area contributed by atoms with E-state index < -0.39 is 5.97 Å². The van der Waals surface area contributed by atoms with Gasteiger partial charge in [-0.15, -0.1) is 0 Å². The van der Waals surface area contributed by atoms with E-state index in [0.717, 1.165) is 12.1 Å². The van der Waals surface area contributed by atoms with Crippen LogP contribution in [0.15, 0.2) is 24.4 Å². The fourth-order valence-electron chi connectivity index (χ4n) is 2.58. The Balaban J connectivity index is 2.60. The van der Waals surface area contributed by atoms with E-state index in [4.69, 9.17) is 5.11 Å². The minimum atomic E-state index is -0.742. The Kier molecular flexibility index (Phi) is 3.41. The Morgan fingerprint density at radius 2 is 2.17 bits per heavy atom. The van der Waals surface area contributed by atoms with Crippen LogP contribution >= 0.6 is 0 Å². The van der Waals surface area contributed by atoms with Crippen molar-refractivity contribution in [2.45, 2.75) is 39.7 Å². The van der Waals surface area contributed by atoms with E-state index in [1.54, 1.807) is 0 Å². The van der Waals surface area contributed by atoms with Gasteiger partial charge in [0.05, 0.1) is 6.42 Å². The number of carboxylic acids is 1. The largest absolute Gasteiger partial charge is 0.481 e. The lowest BCUT2D eigenvalue weighted by molar-refractivity contribution is -0.137. The summed E-state index contributed by atoms with van der Waals surface area (Å²) in [4.78, 5) is 10.9. The summed E-state index contributed by atoms with van der Waals surface area (Å²) in [5.74, 6) is -0.701. The predicted molar refractivity (Wildman–Crippen MR) is 73.0 cm³/mol. The van der Waals surface area contributed by atoms with Crippen LogP contribution in [0.25, 0.3) is 10.9 Å². The fraction of sp³-hybridized carbons (Fsp3) is 0.400. The Morgan fingerprint density at radius 3 is 2.78 bits per heavy atom. The molecule has 0 spiro atoms. The average Bonchev–Trinajstić information content (AvgIpc) is 2.68. The number of aromatic nitrogens is 1. The van der Waals surface area contributed by atoms with Crippen molar-refractivity contribution in [1.29, 1.82) is 0 Å². The quantitative estimate of drug-likeness (QED) is 0.895. The van der Waals surface area contributed by atoms with Crippen molar-refractivity contribution in [3.05, 3.63) is 35.5 Å². The highest BCUT2D eigenvalue weighted by Gasteiger charge is 2.17. The second kappa shape index (κ2) is 4.84. The van der Waals surface area contributed by atoms with E-state index in [2.05, 4.69) is 42.8 Å². The summed E-state index contributed by atoms with van der Waals surface area (Å²) in [6, 6.07) is 6.23. The number of hydrogen-bond acceptors (Lipinski definition) is 1. The molecule has 0 radical (unpaired) electrons. The molecule has 0 aliphatic rings. The minimum absolute atomic E-state index is 0.0406. The summed E-state index contributed by atoms with van der Waals surface area (Å²) in [6.45, 7) is 7.07. The molecule has 0 bridgehead atoms. The van der Waals surface area contributed by atoms with E-state index in [-0.39, 0.29) is 12.3 Å². The first-order chi connectivity index (χ1) is 8.54. The highest BCUT2D eigenvalue weighted by molar-refractivity contribution is 5.88. The van der Waals surface area contributed by atoms with Gasteiger partial charge < -0.3 is 9.67 Å². The molecule has 1 N–H and O–H groups in total. The van der Waals surface area contributed by atoms with Gasteiger partial charge in [-0.05, 0) is 37.0 Å². The molecule has 2 aromatic rings. The highest BCUT2D eigenvalue weighted by Crippen LogP contribution is 2.31. The zero-order valence-corrected chi connectivity index (χ0v) is 11.1. The van der Waals surface area contributed by atoms with Crippen LogP contribution in [0.1, 0.15) is 37.3 Å². The second-order valence-electron chi connectivity index (χ2n) is 4.84. The third kappa shape index (κ3) is 2.13. The van der Waals surface area contributed by atoms with E-state index in [0.29, 0.717) is 0 Å². The molecule has 0 amide bonds. The lowest BCUT2D eigenvalue weighted by Crippen LogP contribution is -2.02. The molecule has 1 aromatic heterocycles. The molecule has 1 atom stereocenters. The molecule has 1 heterocycles. The number of hydrogen-bond donors (Lipinski definition) is 1. The average molecular weight is 245 g/mol. The van der Waals surface area contributed by atoms with Crippen LogP contribution in [0.2, 0.25) is 0 Å². The van der Waals surface area contributed by atoms with Crippen LogP contribution in [-0.2, 0) is 11.3 Å². The lowest BCUT2D eigenvalue weighted by atomic mass is 9.95. The standard InChI is InChI=1S/C15H19NO2/c1-4-16-9-12(11(3)8-14(17)18)15-10(2)6-5-7-13(15)16/h5-7,9,11H,4,8H2,1-3H3,(H,17,18). The summed E-state index contributed by atoms with van der Waals surface area (Å²) in [5, 5.41) is 10.2. The predicted octanol–water partition coefficient (Wildman–Crippen LogP) is 3.55. The highest BCUT2D eigenvalue weighted by atomic mass is 16.4. The normalized spacial score (nSPS) is 12.8. The van der Waals surface area contributed by atoms with E-state index in [9.17, 15) is 4.79 Å². The van der Waals surface area contributed by atoms with Crippen molar-refractivity contribution in [3.63, 3.8) is 0 Å². The maximum absolute atomic E-state index is 10.9. The van der Waals surface area contributed by atoms with Crippen LogP contribution in [-0.4, -0.2) is 15.6 Å². The van der Waals surface area contributed by atoms with Gasteiger partial charge >= 0.3 is 5.97 Å². The van der Waals surface area contributed by atoms with Gasteiger partial charge in [0.25, 0.3) is 0 Å². The summed E-state index contributed by atoms with van der Waals surface area (Å²) >= 11 is 0. The number of aryl methyl sites for hydroxylation is 2. The summed E-state index contributed by atoms with van der Waals surface area (Å²) in [5.41, 5.74) is 3.56. The number of benzene rings is 1. The van der Waals surface area contributed by atoms with Crippen LogP contribution in [0.5, 0.6) is 0 Å². The second-order valence-corrected chi connectivity index (χ2v) is 4.84.